The summed E-state index contributed by atoms with van der Waals surface area (Å²) in [7, 11) is -0.685. The maximum Gasteiger partial charge on any atom is 0.342 e. The van der Waals surface area contributed by atoms with E-state index < -0.39 is 27.2 Å². The van der Waals surface area contributed by atoms with E-state index in [-0.39, 0.29) is 15.7 Å². The highest BCUT2D eigenvalue weighted by molar-refractivity contribution is 7.99. The first kappa shape index (κ1) is 18.9. The SMILES string of the molecule is CN(C)S(=O)(=O)c1ccc(NC(=O)CSc2n[nH]c(=O)[nH]c2=O)cc1. The molecule has 0 saturated carbocycles. The molecule has 134 valence electrons. The van der Waals surface area contributed by atoms with E-state index >= 15 is 0 Å². The Hall–Kier alpha value is -2.44. The van der Waals surface area contributed by atoms with Crippen molar-refractivity contribution >= 4 is 33.4 Å². The van der Waals surface area contributed by atoms with Crippen LogP contribution in [0, 0.1) is 0 Å². The van der Waals surface area contributed by atoms with Gasteiger partial charge in [0, 0.05) is 19.8 Å². The molecule has 25 heavy (non-hydrogen) atoms. The summed E-state index contributed by atoms with van der Waals surface area (Å²) < 4.78 is 25.0. The number of carbonyl (C=O) groups excluding carboxylic acids is 1. The molecule has 1 amide bonds. The number of thioether (sulfide) groups is 1. The zero-order chi connectivity index (χ0) is 18.6. The molecule has 2 aromatic rings. The maximum absolute atomic E-state index is 12.0. The zero-order valence-electron chi connectivity index (χ0n) is 13.3. The summed E-state index contributed by atoms with van der Waals surface area (Å²) >= 11 is 0.855. The van der Waals surface area contributed by atoms with Crippen molar-refractivity contribution in [3.05, 3.63) is 45.1 Å². The van der Waals surface area contributed by atoms with Gasteiger partial charge in [-0.1, -0.05) is 11.8 Å². The lowest BCUT2D eigenvalue weighted by molar-refractivity contribution is -0.113. The van der Waals surface area contributed by atoms with Gasteiger partial charge in [-0.15, -0.1) is 0 Å². The van der Waals surface area contributed by atoms with E-state index in [1.165, 1.54) is 38.4 Å². The predicted octanol–water partition coefficient (Wildman–Crippen LogP) is -0.561. The summed E-state index contributed by atoms with van der Waals surface area (Å²) in [4.78, 5) is 36.3. The number of amides is 1. The number of benzene rings is 1. The van der Waals surface area contributed by atoms with Gasteiger partial charge in [-0.2, -0.15) is 5.10 Å². The number of aromatic amines is 2. The molecule has 12 heteroatoms. The Morgan fingerprint density at radius 3 is 2.44 bits per heavy atom. The topological polar surface area (TPSA) is 145 Å². The Balaban J connectivity index is 1.99. The number of anilines is 1. The van der Waals surface area contributed by atoms with Gasteiger partial charge in [0.05, 0.1) is 10.6 Å². The third-order valence-electron chi connectivity index (χ3n) is 2.94. The molecule has 10 nitrogen and oxygen atoms in total. The lowest BCUT2D eigenvalue weighted by atomic mass is 10.3. The smallest absolute Gasteiger partial charge is 0.325 e. The third kappa shape index (κ3) is 4.78. The summed E-state index contributed by atoms with van der Waals surface area (Å²) in [6.45, 7) is 0. The Labute approximate surface area is 146 Å². The number of carbonyl (C=O) groups is 1. The molecular formula is C13H15N5O5S2. The van der Waals surface area contributed by atoms with Crippen LogP contribution in [-0.4, -0.2) is 53.7 Å². The minimum absolute atomic E-state index is 0.0397. The van der Waals surface area contributed by atoms with Crippen LogP contribution in [0.1, 0.15) is 0 Å². The minimum Gasteiger partial charge on any atom is -0.325 e. The van der Waals surface area contributed by atoms with Gasteiger partial charge in [0.15, 0.2) is 5.03 Å². The lowest BCUT2D eigenvalue weighted by Crippen LogP contribution is -2.25. The molecule has 0 fully saturated rings. The monoisotopic (exact) mass is 385 g/mol. The summed E-state index contributed by atoms with van der Waals surface area (Å²) in [6, 6.07) is 5.69. The second-order valence-electron chi connectivity index (χ2n) is 4.96. The highest BCUT2D eigenvalue weighted by Crippen LogP contribution is 2.17. The number of rotatable bonds is 6. The Morgan fingerprint density at radius 2 is 1.88 bits per heavy atom. The first-order valence-electron chi connectivity index (χ1n) is 6.84. The van der Waals surface area contributed by atoms with E-state index in [4.69, 9.17) is 0 Å². The van der Waals surface area contributed by atoms with E-state index in [0.717, 1.165) is 16.1 Å². The van der Waals surface area contributed by atoms with Crippen molar-refractivity contribution in [1.29, 1.82) is 0 Å². The van der Waals surface area contributed by atoms with Crippen LogP contribution in [0.5, 0.6) is 0 Å². The van der Waals surface area contributed by atoms with Crippen molar-refractivity contribution in [2.45, 2.75) is 9.92 Å². The van der Waals surface area contributed by atoms with Crippen molar-refractivity contribution in [2.24, 2.45) is 0 Å². The number of hydrogen-bond donors (Lipinski definition) is 3. The molecule has 0 unspecified atom stereocenters. The van der Waals surface area contributed by atoms with E-state index in [1.54, 1.807) is 0 Å². The molecule has 1 aromatic heterocycles. The average molecular weight is 385 g/mol. The standard InChI is InChI=1S/C13H15N5O5S2/c1-18(2)25(22,23)9-5-3-8(4-6-9)14-10(19)7-24-12-11(20)15-13(21)17-16-12/h3-6H,7H2,1-2H3,(H,14,19)(H2,15,17,20,21). The minimum atomic E-state index is -3.54. The van der Waals surface area contributed by atoms with Crippen LogP contribution in [0.4, 0.5) is 5.69 Å². The maximum atomic E-state index is 12.0. The number of sulfonamides is 1. The third-order valence-corrected chi connectivity index (χ3v) is 5.72. The van der Waals surface area contributed by atoms with Crippen molar-refractivity contribution in [3.63, 3.8) is 0 Å². The van der Waals surface area contributed by atoms with E-state index in [2.05, 4.69) is 15.5 Å². The van der Waals surface area contributed by atoms with Crippen LogP contribution in [0.25, 0.3) is 0 Å². The Morgan fingerprint density at radius 1 is 1.24 bits per heavy atom. The molecule has 0 aliphatic heterocycles. The summed E-state index contributed by atoms with van der Waals surface area (Å²) in [5.41, 5.74) is -1.00. The number of nitrogens with one attached hydrogen (secondary N) is 3. The molecule has 1 aromatic carbocycles. The van der Waals surface area contributed by atoms with Gasteiger partial charge >= 0.3 is 5.69 Å². The van der Waals surface area contributed by atoms with Crippen molar-refractivity contribution < 1.29 is 13.2 Å². The van der Waals surface area contributed by atoms with Crippen molar-refractivity contribution in [3.8, 4) is 0 Å². The molecule has 1 heterocycles. The van der Waals surface area contributed by atoms with E-state index in [1.807, 2.05) is 4.98 Å². The van der Waals surface area contributed by atoms with Crippen LogP contribution < -0.4 is 16.6 Å². The molecule has 0 spiro atoms. The number of aromatic nitrogens is 3. The van der Waals surface area contributed by atoms with Crippen molar-refractivity contribution in [1.82, 2.24) is 19.5 Å². The fraction of sp³-hybridized carbons (Fsp3) is 0.231. The van der Waals surface area contributed by atoms with Gasteiger partial charge in [0.2, 0.25) is 15.9 Å². The van der Waals surface area contributed by atoms with Gasteiger partial charge in [0.25, 0.3) is 5.56 Å². The fourth-order valence-corrected chi connectivity index (χ4v) is 3.22. The molecular weight excluding hydrogens is 370 g/mol. The highest BCUT2D eigenvalue weighted by Gasteiger charge is 2.16. The quantitative estimate of drug-likeness (QED) is 0.565. The fourth-order valence-electron chi connectivity index (χ4n) is 1.69. The second kappa shape index (κ2) is 7.63. The Bertz CT molecular complexity index is 979. The second-order valence-corrected chi connectivity index (χ2v) is 8.08. The predicted molar refractivity (Wildman–Crippen MR) is 92.1 cm³/mol. The van der Waals surface area contributed by atoms with Gasteiger partial charge in [0.1, 0.15) is 0 Å². The van der Waals surface area contributed by atoms with Gasteiger partial charge in [-0.3, -0.25) is 14.6 Å². The number of hydrogen-bond acceptors (Lipinski definition) is 7. The zero-order valence-corrected chi connectivity index (χ0v) is 14.9. The molecule has 3 N–H and O–H groups in total. The number of nitrogens with zero attached hydrogens (tertiary/aromatic N) is 2. The molecule has 0 radical (unpaired) electrons. The summed E-state index contributed by atoms with van der Waals surface area (Å²) in [5, 5.41) is 8.14. The summed E-state index contributed by atoms with van der Waals surface area (Å²) in [5.74, 6) is -0.527. The van der Waals surface area contributed by atoms with Crippen LogP contribution >= 0.6 is 11.8 Å². The Kier molecular flexibility index (Phi) is 5.77. The number of H-pyrrole nitrogens is 2. The molecule has 0 bridgehead atoms. The lowest BCUT2D eigenvalue weighted by Gasteiger charge is -2.12. The average Bonchev–Trinajstić information content (AvgIpc) is 2.54. The largest absolute Gasteiger partial charge is 0.342 e. The first-order valence-corrected chi connectivity index (χ1v) is 9.27. The summed E-state index contributed by atoms with van der Waals surface area (Å²) in [6.07, 6.45) is 0. The highest BCUT2D eigenvalue weighted by atomic mass is 32.2. The van der Waals surface area contributed by atoms with E-state index in [9.17, 15) is 22.8 Å². The molecule has 0 aliphatic carbocycles. The van der Waals surface area contributed by atoms with Crippen LogP contribution in [0.3, 0.4) is 0 Å². The van der Waals surface area contributed by atoms with Gasteiger partial charge < -0.3 is 5.32 Å². The van der Waals surface area contributed by atoms with Crippen LogP contribution in [-0.2, 0) is 14.8 Å². The van der Waals surface area contributed by atoms with E-state index in [0.29, 0.717) is 5.69 Å². The first-order chi connectivity index (χ1) is 11.7. The van der Waals surface area contributed by atoms with Gasteiger partial charge in [-0.05, 0) is 24.3 Å². The van der Waals surface area contributed by atoms with Crippen molar-refractivity contribution in [2.75, 3.05) is 25.2 Å². The molecule has 0 aliphatic rings. The van der Waals surface area contributed by atoms with Crippen LogP contribution in [0.2, 0.25) is 0 Å². The molecule has 2 rings (SSSR count). The van der Waals surface area contributed by atoms with Crippen LogP contribution in [0.15, 0.2) is 43.8 Å². The molecule has 0 atom stereocenters. The molecule has 0 saturated heterocycles. The normalized spacial score (nSPS) is 11.5. The van der Waals surface area contributed by atoms with Gasteiger partial charge in [-0.25, -0.2) is 22.6 Å².